The van der Waals surface area contributed by atoms with E-state index < -0.39 is 0 Å². The highest BCUT2D eigenvalue weighted by Crippen LogP contribution is 2.19. The molecule has 1 saturated heterocycles. The molecule has 1 aliphatic rings. The Bertz CT molecular complexity index is 377. The third-order valence-electron chi connectivity index (χ3n) is 3.07. The van der Waals surface area contributed by atoms with Gasteiger partial charge in [-0.3, -0.25) is 0 Å². The third kappa shape index (κ3) is 3.29. The molecule has 1 unspecified atom stereocenters. The molecule has 0 radical (unpaired) electrons. The van der Waals surface area contributed by atoms with Crippen LogP contribution in [0.5, 0.6) is 0 Å². The summed E-state index contributed by atoms with van der Waals surface area (Å²) in [5.41, 5.74) is 5.71. The van der Waals surface area contributed by atoms with Gasteiger partial charge in [-0.1, -0.05) is 0 Å². The van der Waals surface area contributed by atoms with Crippen LogP contribution in [0, 0.1) is 5.92 Å². The van der Waals surface area contributed by atoms with Crippen LogP contribution in [0.25, 0.3) is 0 Å². The molecule has 2 rings (SSSR count). The zero-order valence-electron chi connectivity index (χ0n) is 10.2. The van der Waals surface area contributed by atoms with Gasteiger partial charge in [0, 0.05) is 26.2 Å². The second-order valence-electron chi connectivity index (χ2n) is 4.71. The number of anilines is 2. The van der Waals surface area contributed by atoms with Gasteiger partial charge in [-0.25, -0.2) is 4.98 Å². The van der Waals surface area contributed by atoms with Gasteiger partial charge in [-0.2, -0.15) is 4.98 Å². The minimum absolute atomic E-state index is 0.497. The van der Waals surface area contributed by atoms with E-state index in [1.807, 2.05) is 7.05 Å². The van der Waals surface area contributed by atoms with Crippen LogP contribution in [0.3, 0.4) is 0 Å². The number of halogens is 1. The Morgan fingerprint density at radius 1 is 1.59 bits per heavy atom. The van der Waals surface area contributed by atoms with E-state index in [0.717, 1.165) is 17.7 Å². The summed E-state index contributed by atoms with van der Waals surface area (Å²) in [6, 6.07) is 1.71. The smallest absolute Gasteiger partial charge is 0.228 e. The van der Waals surface area contributed by atoms with Gasteiger partial charge in [0.1, 0.15) is 10.4 Å². The predicted molar refractivity (Wildman–Crippen MR) is 73.0 cm³/mol. The van der Waals surface area contributed by atoms with Crippen molar-refractivity contribution in [3.63, 3.8) is 0 Å². The maximum Gasteiger partial charge on any atom is 0.228 e. The van der Waals surface area contributed by atoms with Crippen molar-refractivity contribution in [3.8, 4) is 0 Å². The van der Waals surface area contributed by atoms with Gasteiger partial charge in [0.25, 0.3) is 0 Å². The molecule has 1 aliphatic heterocycles. The molecule has 6 heteroatoms. The largest absolute Gasteiger partial charge is 0.383 e. The zero-order valence-corrected chi connectivity index (χ0v) is 11.8. The highest BCUT2D eigenvalue weighted by molar-refractivity contribution is 9.10. The van der Waals surface area contributed by atoms with Crippen molar-refractivity contribution in [1.29, 1.82) is 0 Å². The Labute approximate surface area is 110 Å². The molecule has 0 aliphatic carbocycles. The predicted octanol–water partition coefficient (Wildman–Crippen LogP) is 1.21. The van der Waals surface area contributed by atoms with Crippen LogP contribution in [0.2, 0.25) is 0 Å². The van der Waals surface area contributed by atoms with Gasteiger partial charge in [0.05, 0.1) is 0 Å². The Morgan fingerprint density at radius 3 is 2.94 bits per heavy atom. The molecule has 2 N–H and O–H groups in total. The Kier molecular flexibility index (Phi) is 3.83. The molecular formula is C11H18BrN5. The fourth-order valence-electron chi connectivity index (χ4n) is 2.24. The van der Waals surface area contributed by atoms with Gasteiger partial charge >= 0.3 is 0 Å². The second kappa shape index (κ2) is 5.18. The summed E-state index contributed by atoms with van der Waals surface area (Å²) < 4.78 is 0.732. The number of nitrogens with two attached hydrogens (primary N) is 1. The van der Waals surface area contributed by atoms with Gasteiger partial charge in [0.15, 0.2) is 0 Å². The van der Waals surface area contributed by atoms with Crippen molar-refractivity contribution in [2.75, 3.05) is 44.4 Å². The first-order chi connectivity index (χ1) is 8.04. The number of hydrogen-bond acceptors (Lipinski definition) is 5. The maximum absolute atomic E-state index is 5.71. The average Bonchev–Trinajstić information content (AvgIpc) is 2.62. The van der Waals surface area contributed by atoms with Crippen LogP contribution >= 0.6 is 15.9 Å². The highest BCUT2D eigenvalue weighted by atomic mass is 79.9. The Balaban J connectivity index is 2.01. The molecular weight excluding hydrogens is 282 g/mol. The summed E-state index contributed by atoms with van der Waals surface area (Å²) in [7, 11) is 4.17. The number of nitrogen functional groups attached to an aromatic ring is 1. The minimum atomic E-state index is 0.497. The summed E-state index contributed by atoms with van der Waals surface area (Å²) in [5.74, 6) is 1.87. The standard InChI is InChI=1S/C11H18BrN5/c1-16-4-3-8(6-16)7-17(2)11-14-9(12)5-10(13)15-11/h5,8H,3-4,6-7H2,1-2H3,(H2,13,14,15). The fraction of sp³-hybridized carbons (Fsp3) is 0.636. The first-order valence-corrected chi connectivity index (χ1v) is 6.53. The summed E-state index contributed by atoms with van der Waals surface area (Å²) in [6.45, 7) is 3.30. The van der Waals surface area contributed by atoms with Crippen LogP contribution < -0.4 is 10.6 Å². The molecule has 1 aromatic heterocycles. The Hall–Kier alpha value is -0.880. The number of likely N-dealkylation sites (tertiary alicyclic amines) is 1. The van der Waals surface area contributed by atoms with Crippen molar-refractivity contribution in [1.82, 2.24) is 14.9 Å². The van der Waals surface area contributed by atoms with Gasteiger partial charge in [-0.15, -0.1) is 0 Å². The van der Waals surface area contributed by atoms with Crippen LogP contribution in [-0.4, -0.2) is 48.6 Å². The van der Waals surface area contributed by atoms with Crippen molar-refractivity contribution in [2.24, 2.45) is 5.92 Å². The number of rotatable bonds is 3. The van der Waals surface area contributed by atoms with Crippen LogP contribution in [0.15, 0.2) is 10.7 Å². The number of nitrogens with zero attached hydrogens (tertiary/aromatic N) is 4. The molecule has 17 heavy (non-hydrogen) atoms. The van der Waals surface area contributed by atoms with Gasteiger partial charge < -0.3 is 15.5 Å². The second-order valence-corrected chi connectivity index (χ2v) is 5.53. The molecule has 0 aromatic carbocycles. The monoisotopic (exact) mass is 299 g/mol. The number of hydrogen-bond donors (Lipinski definition) is 1. The molecule has 94 valence electrons. The summed E-state index contributed by atoms with van der Waals surface area (Å²) >= 11 is 3.34. The minimum Gasteiger partial charge on any atom is -0.383 e. The van der Waals surface area contributed by atoms with E-state index in [0.29, 0.717) is 17.7 Å². The topological polar surface area (TPSA) is 58.3 Å². The van der Waals surface area contributed by atoms with Crippen LogP contribution in [0.1, 0.15) is 6.42 Å². The van der Waals surface area contributed by atoms with Crippen molar-refractivity contribution < 1.29 is 0 Å². The molecule has 1 atom stereocenters. The van der Waals surface area contributed by atoms with E-state index in [2.05, 4.69) is 42.7 Å². The lowest BCUT2D eigenvalue weighted by Crippen LogP contribution is -2.28. The molecule has 0 saturated carbocycles. The first kappa shape index (κ1) is 12.6. The summed E-state index contributed by atoms with van der Waals surface area (Å²) in [6.07, 6.45) is 1.24. The maximum atomic E-state index is 5.71. The SMILES string of the molecule is CN1CCC(CN(C)c2nc(N)cc(Br)n2)C1. The van der Waals surface area contributed by atoms with E-state index in [1.54, 1.807) is 6.07 Å². The molecule has 0 bridgehead atoms. The van der Waals surface area contributed by atoms with Crippen molar-refractivity contribution in [3.05, 3.63) is 10.7 Å². The first-order valence-electron chi connectivity index (χ1n) is 5.74. The van der Waals surface area contributed by atoms with Crippen molar-refractivity contribution in [2.45, 2.75) is 6.42 Å². The molecule has 0 spiro atoms. The molecule has 2 heterocycles. The van der Waals surface area contributed by atoms with E-state index in [4.69, 9.17) is 5.73 Å². The van der Waals surface area contributed by atoms with E-state index >= 15 is 0 Å². The van der Waals surface area contributed by atoms with Gasteiger partial charge in [0.2, 0.25) is 5.95 Å². The lowest BCUT2D eigenvalue weighted by molar-refractivity contribution is 0.395. The van der Waals surface area contributed by atoms with Crippen LogP contribution in [-0.2, 0) is 0 Å². The van der Waals surface area contributed by atoms with Gasteiger partial charge in [-0.05, 0) is 41.9 Å². The molecule has 0 amide bonds. The lowest BCUT2D eigenvalue weighted by Gasteiger charge is -2.21. The summed E-state index contributed by atoms with van der Waals surface area (Å²) in [5, 5.41) is 0. The van der Waals surface area contributed by atoms with E-state index in [9.17, 15) is 0 Å². The van der Waals surface area contributed by atoms with Crippen molar-refractivity contribution >= 4 is 27.7 Å². The fourth-order valence-corrected chi connectivity index (χ4v) is 2.63. The normalized spacial score (nSPS) is 20.8. The van der Waals surface area contributed by atoms with E-state index in [1.165, 1.54) is 13.0 Å². The quantitative estimate of drug-likeness (QED) is 0.850. The van der Waals surface area contributed by atoms with E-state index in [-0.39, 0.29) is 0 Å². The average molecular weight is 300 g/mol. The highest BCUT2D eigenvalue weighted by Gasteiger charge is 2.21. The summed E-state index contributed by atoms with van der Waals surface area (Å²) in [4.78, 5) is 13.0. The Morgan fingerprint density at radius 2 is 2.35 bits per heavy atom. The number of aromatic nitrogens is 2. The third-order valence-corrected chi connectivity index (χ3v) is 3.47. The zero-order chi connectivity index (χ0) is 12.4. The van der Waals surface area contributed by atoms with Crippen LogP contribution in [0.4, 0.5) is 11.8 Å². The lowest BCUT2D eigenvalue weighted by atomic mass is 10.1. The molecule has 1 fully saturated rings. The molecule has 5 nitrogen and oxygen atoms in total. The molecule has 1 aromatic rings.